The number of aromatic nitrogens is 4. The maximum atomic E-state index is 6.09. The van der Waals surface area contributed by atoms with Crippen LogP contribution >= 0.6 is 34.9 Å². The number of unbranched alkanes of at least 4 members (excludes halogenated alkanes) is 3. The lowest BCUT2D eigenvalue weighted by Crippen LogP contribution is -2.26. The van der Waals surface area contributed by atoms with Gasteiger partial charge >= 0.3 is 0 Å². The quantitative estimate of drug-likeness (QED) is 0.251. The van der Waals surface area contributed by atoms with Gasteiger partial charge in [0, 0.05) is 17.1 Å². The molecule has 4 rings (SSSR count). The molecule has 1 aliphatic heterocycles. The zero-order valence-electron chi connectivity index (χ0n) is 17.0. The number of hydrogen-bond donors (Lipinski definition) is 0. The van der Waals surface area contributed by atoms with Crippen LogP contribution in [-0.4, -0.2) is 37.7 Å². The average molecular weight is 437 g/mol. The normalized spacial score (nSPS) is 17.1. The first-order valence-electron chi connectivity index (χ1n) is 10.1. The minimum Gasteiger partial charge on any atom is -0.372 e. The lowest BCUT2D eigenvalue weighted by Gasteiger charge is -2.26. The molecule has 1 atom stereocenters. The maximum Gasteiger partial charge on any atom is 0.197 e. The fraction of sp³-hybridized carbons (Fsp3) is 0.650. The summed E-state index contributed by atoms with van der Waals surface area (Å²) in [5.74, 6) is 1.59. The van der Waals surface area contributed by atoms with Crippen LogP contribution in [0.5, 0.6) is 0 Å². The molecule has 0 aromatic carbocycles. The predicted octanol–water partition coefficient (Wildman–Crippen LogP) is 5.83. The Morgan fingerprint density at radius 2 is 2.07 bits per heavy atom. The molecule has 8 heteroatoms. The molecule has 4 heterocycles. The Bertz CT molecular complexity index is 966. The largest absolute Gasteiger partial charge is 0.372 e. The molecule has 0 aliphatic carbocycles. The first-order valence-corrected chi connectivity index (χ1v) is 13.1. The van der Waals surface area contributed by atoms with E-state index in [1.54, 1.807) is 34.9 Å². The summed E-state index contributed by atoms with van der Waals surface area (Å²) in [6, 6.07) is 0. The average Bonchev–Trinajstić information content (AvgIpc) is 3.27. The van der Waals surface area contributed by atoms with Crippen LogP contribution in [-0.2, 0) is 17.8 Å². The van der Waals surface area contributed by atoms with Crippen molar-refractivity contribution < 1.29 is 4.74 Å². The first-order chi connectivity index (χ1) is 13.6. The van der Waals surface area contributed by atoms with Crippen LogP contribution in [0.15, 0.2) is 10.3 Å². The van der Waals surface area contributed by atoms with E-state index in [-0.39, 0.29) is 6.10 Å². The molecule has 0 saturated carbocycles. The minimum absolute atomic E-state index is 0.265. The molecule has 1 aliphatic rings. The third kappa shape index (κ3) is 3.80. The highest BCUT2D eigenvalue weighted by Gasteiger charge is 2.28. The monoisotopic (exact) mass is 436 g/mol. The summed E-state index contributed by atoms with van der Waals surface area (Å²) in [6.07, 6.45) is 8.36. The molecule has 0 N–H and O–H groups in total. The van der Waals surface area contributed by atoms with Gasteiger partial charge in [-0.25, -0.2) is 9.38 Å². The third-order valence-electron chi connectivity index (χ3n) is 5.31. The van der Waals surface area contributed by atoms with E-state index in [0.29, 0.717) is 12.5 Å². The Kier molecular flexibility index (Phi) is 6.50. The molecular formula is C20H28N4OS3. The van der Waals surface area contributed by atoms with Gasteiger partial charge in [-0.3, -0.25) is 0 Å². The van der Waals surface area contributed by atoms with Gasteiger partial charge in [-0.1, -0.05) is 63.6 Å². The van der Waals surface area contributed by atoms with Gasteiger partial charge in [0.05, 0.1) is 18.1 Å². The van der Waals surface area contributed by atoms with E-state index < -0.39 is 0 Å². The van der Waals surface area contributed by atoms with Gasteiger partial charge in [-0.2, -0.15) is 0 Å². The second kappa shape index (κ2) is 8.90. The lowest BCUT2D eigenvalue weighted by atomic mass is 9.96. The second-order valence-corrected chi connectivity index (χ2v) is 10.5. The van der Waals surface area contributed by atoms with Gasteiger partial charge in [-0.15, -0.1) is 21.5 Å². The molecule has 152 valence electrons. The van der Waals surface area contributed by atoms with Crippen molar-refractivity contribution in [3.05, 3.63) is 10.4 Å². The van der Waals surface area contributed by atoms with Gasteiger partial charge in [0.1, 0.15) is 4.83 Å². The highest BCUT2D eigenvalue weighted by molar-refractivity contribution is 7.99. The molecule has 28 heavy (non-hydrogen) atoms. The van der Waals surface area contributed by atoms with Gasteiger partial charge < -0.3 is 4.74 Å². The first kappa shape index (κ1) is 20.4. The van der Waals surface area contributed by atoms with Crippen LogP contribution in [0.2, 0.25) is 0 Å². The summed E-state index contributed by atoms with van der Waals surface area (Å²) in [5.41, 5.74) is 2.34. The molecule has 0 amide bonds. The van der Waals surface area contributed by atoms with Crippen molar-refractivity contribution in [2.75, 3.05) is 12.0 Å². The standard InChI is InChI=1S/C20H28N4OS3/c1-5-6-7-8-9-27-20-23-22-17-16-13-10-14(12(2)3)25-11-15(13)28-18(16)21-19(26-4)24(17)20/h12,14H,5-11H2,1-4H3/t14-/m1/s1. The highest BCUT2D eigenvalue weighted by Crippen LogP contribution is 2.40. The SMILES string of the molecule is CCCCCCSc1nnc2c3c4c(sc3nc(SC)n12)CO[C@@H](C(C)C)C4. The van der Waals surface area contributed by atoms with E-state index in [1.165, 1.54) is 41.5 Å². The minimum atomic E-state index is 0.265. The van der Waals surface area contributed by atoms with E-state index in [2.05, 4.69) is 41.6 Å². The van der Waals surface area contributed by atoms with Crippen molar-refractivity contribution in [3.63, 3.8) is 0 Å². The molecule has 0 fully saturated rings. The van der Waals surface area contributed by atoms with E-state index >= 15 is 0 Å². The summed E-state index contributed by atoms with van der Waals surface area (Å²) in [4.78, 5) is 7.36. The number of thiophene rings is 1. The van der Waals surface area contributed by atoms with E-state index in [1.807, 2.05) is 0 Å². The van der Waals surface area contributed by atoms with Crippen molar-refractivity contribution in [2.45, 2.75) is 75.9 Å². The van der Waals surface area contributed by atoms with E-state index in [9.17, 15) is 0 Å². The molecule has 0 bridgehead atoms. The molecular weight excluding hydrogens is 408 g/mol. The van der Waals surface area contributed by atoms with E-state index in [0.717, 1.165) is 33.0 Å². The van der Waals surface area contributed by atoms with Crippen LogP contribution in [0.25, 0.3) is 15.9 Å². The van der Waals surface area contributed by atoms with Crippen molar-refractivity contribution in [3.8, 4) is 0 Å². The van der Waals surface area contributed by atoms with Crippen molar-refractivity contribution in [1.29, 1.82) is 0 Å². The number of nitrogens with zero attached hydrogens (tertiary/aromatic N) is 4. The summed E-state index contributed by atoms with van der Waals surface area (Å²) >= 11 is 5.23. The van der Waals surface area contributed by atoms with Gasteiger partial charge in [0.15, 0.2) is 16.0 Å². The Hall–Kier alpha value is -0.830. The van der Waals surface area contributed by atoms with Crippen LogP contribution < -0.4 is 0 Å². The summed E-state index contributed by atoms with van der Waals surface area (Å²) in [6.45, 7) is 7.40. The van der Waals surface area contributed by atoms with E-state index in [4.69, 9.17) is 9.72 Å². The van der Waals surface area contributed by atoms with Gasteiger partial charge in [0.2, 0.25) is 0 Å². The smallest absolute Gasteiger partial charge is 0.197 e. The number of rotatable bonds is 8. The lowest BCUT2D eigenvalue weighted by molar-refractivity contribution is 0.00203. The zero-order chi connectivity index (χ0) is 19.7. The number of fused-ring (bicyclic) bond motifs is 5. The topological polar surface area (TPSA) is 52.3 Å². The van der Waals surface area contributed by atoms with Crippen LogP contribution in [0, 0.1) is 5.92 Å². The molecule has 3 aromatic heterocycles. The third-order valence-corrected chi connectivity index (χ3v) is 8.06. The molecule has 0 spiro atoms. The van der Waals surface area contributed by atoms with Gasteiger partial charge in [-0.05, 0) is 24.2 Å². The zero-order valence-corrected chi connectivity index (χ0v) is 19.5. The second-order valence-electron chi connectivity index (χ2n) is 7.63. The fourth-order valence-corrected chi connectivity index (χ4v) is 6.38. The van der Waals surface area contributed by atoms with Crippen molar-refractivity contribution in [2.24, 2.45) is 5.92 Å². The van der Waals surface area contributed by atoms with Crippen LogP contribution in [0.1, 0.15) is 56.9 Å². The maximum absolute atomic E-state index is 6.09. The molecule has 0 saturated heterocycles. The predicted molar refractivity (Wildman–Crippen MR) is 120 cm³/mol. The Labute approximate surface area is 179 Å². The Balaban J connectivity index is 1.73. The van der Waals surface area contributed by atoms with Crippen molar-refractivity contribution in [1.82, 2.24) is 19.6 Å². The summed E-state index contributed by atoms with van der Waals surface area (Å²) in [5, 5.41) is 12.3. The van der Waals surface area contributed by atoms with Crippen molar-refractivity contribution >= 4 is 50.7 Å². The summed E-state index contributed by atoms with van der Waals surface area (Å²) < 4.78 is 8.26. The number of thioether (sulfide) groups is 2. The molecule has 0 unspecified atom stereocenters. The number of hydrogen-bond acceptors (Lipinski definition) is 7. The summed E-state index contributed by atoms with van der Waals surface area (Å²) in [7, 11) is 0. The highest BCUT2D eigenvalue weighted by atomic mass is 32.2. The fourth-order valence-electron chi connectivity index (χ4n) is 3.67. The number of ether oxygens (including phenoxy) is 1. The molecule has 5 nitrogen and oxygen atoms in total. The molecule has 3 aromatic rings. The Morgan fingerprint density at radius 3 is 2.82 bits per heavy atom. The van der Waals surface area contributed by atoms with Crippen LogP contribution in [0.4, 0.5) is 0 Å². The molecule has 0 radical (unpaired) electrons. The van der Waals surface area contributed by atoms with Crippen LogP contribution in [0.3, 0.4) is 0 Å². The van der Waals surface area contributed by atoms with Gasteiger partial charge in [0.25, 0.3) is 0 Å². The Morgan fingerprint density at radius 1 is 1.21 bits per heavy atom.